The maximum absolute atomic E-state index is 13.7. The Morgan fingerprint density at radius 1 is 0.842 bits per heavy atom. The van der Waals surface area contributed by atoms with Crippen LogP contribution in [-0.2, 0) is 0 Å². The number of benzene rings is 1. The molecule has 0 amide bonds. The molecule has 3 rings (SSSR count). The van der Waals surface area contributed by atoms with E-state index < -0.39 is 0 Å². The van der Waals surface area contributed by atoms with Gasteiger partial charge in [-0.2, -0.15) is 0 Å². The lowest BCUT2D eigenvalue weighted by Crippen LogP contribution is -2.47. The number of rotatable bonds is 2. The Balaban J connectivity index is 1.69. The van der Waals surface area contributed by atoms with Crippen molar-refractivity contribution in [3.05, 3.63) is 54.5 Å². The van der Waals surface area contributed by atoms with E-state index in [-0.39, 0.29) is 5.82 Å². The Morgan fingerprint density at radius 2 is 1.53 bits per heavy atom. The van der Waals surface area contributed by atoms with Crippen molar-refractivity contribution >= 4 is 11.5 Å². The van der Waals surface area contributed by atoms with Crippen molar-refractivity contribution in [2.24, 2.45) is 0 Å². The highest BCUT2D eigenvalue weighted by Gasteiger charge is 2.19. The van der Waals surface area contributed by atoms with E-state index in [9.17, 15) is 4.39 Å². The van der Waals surface area contributed by atoms with E-state index in [1.54, 1.807) is 12.3 Å². The summed E-state index contributed by atoms with van der Waals surface area (Å²) >= 11 is 0. The monoisotopic (exact) mass is 257 g/mol. The van der Waals surface area contributed by atoms with Crippen molar-refractivity contribution in [1.82, 2.24) is 4.98 Å². The lowest BCUT2D eigenvalue weighted by Gasteiger charge is -2.36. The quantitative estimate of drug-likeness (QED) is 0.824. The smallest absolute Gasteiger partial charge is 0.146 e. The number of nitrogens with zero attached hydrogens (tertiary/aromatic N) is 3. The number of hydrogen-bond donors (Lipinski definition) is 0. The number of para-hydroxylation sites is 1. The van der Waals surface area contributed by atoms with Gasteiger partial charge in [0.05, 0.1) is 5.69 Å². The Morgan fingerprint density at radius 3 is 2.21 bits per heavy atom. The van der Waals surface area contributed by atoms with Gasteiger partial charge < -0.3 is 9.80 Å². The van der Waals surface area contributed by atoms with Crippen LogP contribution in [-0.4, -0.2) is 31.2 Å². The van der Waals surface area contributed by atoms with Crippen molar-refractivity contribution in [1.29, 1.82) is 0 Å². The summed E-state index contributed by atoms with van der Waals surface area (Å²) in [7, 11) is 0. The van der Waals surface area contributed by atoms with E-state index in [4.69, 9.17) is 0 Å². The van der Waals surface area contributed by atoms with E-state index >= 15 is 0 Å². The van der Waals surface area contributed by atoms with Crippen LogP contribution in [0, 0.1) is 5.82 Å². The van der Waals surface area contributed by atoms with Crippen LogP contribution in [0.4, 0.5) is 15.9 Å². The molecule has 4 heteroatoms. The molecule has 98 valence electrons. The fourth-order valence-electron chi connectivity index (χ4n) is 2.43. The molecular formula is C15H16FN3. The molecule has 1 aromatic heterocycles. The summed E-state index contributed by atoms with van der Waals surface area (Å²) in [6, 6.07) is 12.9. The van der Waals surface area contributed by atoms with Gasteiger partial charge in [-0.3, -0.25) is 0 Å². The van der Waals surface area contributed by atoms with Crippen LogP contribution >= 0.6 is 0 Å². The van der Waals surface area contributed by atoms with Crippen molar-refractivity contribution in [3.8, 4) is 0 Å². The van der Waals surface area contributed by atoms with Gasteiger partial charge in [-0.15, -0.1) is 0 Å². The second-order valence-electron chi connectivity index (χ2n) is 4.61. The zero-order chi connectivity index (χ0) is 13.1. The van der Waals surface area contributed by atoms with Gasteiger partial charge in [0.2, 0.25) is 0 Å². The zero-order valence-corrected chi connectivity index (χ0v) is 10.7. The first-order valence-electron chi connectivity index (χ1n) is 6.50. The lowest BCUT2D eigenvalue weighted by molar-refractivity contribution is 0.596. The Hall–Kier alpha value is -2.10. The summed E-state index contributed by atoms with van der Waals surface area (Å²) in [5.41, 5.74) is 0.697. The van der Waals surface area contributed by atoms with Gasteiger partial charge in [-0.1, -0.05) is 18.2 Å². The third-order valence-corrected chi connectivity index (χ3v) is 3.45. The standard InChI is InChI=1S/C15H16FN3/c16-13-5-1-2-6-14(13)18-9-11-19(12-10-18)15-7-3-4-8-17-15/h1-8H,9-12H2. The fourth-order valence-corrected chi connectivity index (χ4v) is 2.43. The van der Waals surface area contributed by atoms with Crippen LogP contribution in [0.5, 0.6) is 0 Å². The van der Waals surface area contributed by atoms with Crippen LogP contribution in [0.3, 0.4) is 0 Å². The average molecular weight is 257 g/mol. The number of halogens is 1. The van der Waals surface area contributed by atoms with Crippen LogP contribution in [0.1, 0.15) is 0 Å². The van der Waals surface area contributed by atoms with Gasteiger partial charge in [-0.25, -0.2) is 9.37 Å². The Kier molecular flexibility index (Phi) is 3.31. The first-order valence-corrected chi connectivity index (χ1v) is 6.50. The van der Waals surface area contributed by atoms with Crippen molar-refractivity contribution in [3.63, 3.8) is 0 Å². The number of piperazine rings is 1. The predicted molar refractivity (Wildman–Crippen MR) is 75.1 cm³/mol. The van der Waals surface area contributed by atoms with E-state index in [2.05, 4.69) is 14.8 Å². The van der Waals surface area contributed by atoms with E-state index in [0.717, 1.165) is 32.0 Å². The van der Waals surface area contributed by atoms with E-state index in [1.807, 2.05) is 30.3 Å². The second-order valence-corrected chi connectivity index (χ2v) is 4.61. The van der Waals surface area contributed by atoms with Gasteiger partial charge >= 0.3 is 0 Å². The molecule has 1 saturated heterocycles. The summed E-state index contributed by atoms with van der Waals surface area (Å²) in [5, 5.41) is 0. The van der Waals surface area contributed by atoms with Gasteiger partial charge in [-0.05, 0) is 24.3 Å². The average Bonchev–Trinajstić information content (AvgIpc) is 2.49. The highest BCUT2D eigenvalue weighted by molar-refractivity contribution is 5.50. The van der Waals surface area contributed by atoms with Gasteiger partial charge in [0.1, 0.15) is 11.6 Å². The van der Waals surface area contributed by atoms with Crippen molar-refractivity contribution in [2.75, 3.05) is 36.0 Å². The van der Waals surface area contributed by atoms with Crippen molar-refractivity contribution in [2.45, 2.75) is 0 Å². The molecule has 0 N–H and O–H groups in total. The molecule has 2 heterocycles. The second kappa shape index (κ2) is 5.26. The minimum atomic E-state index is -0.145. The highest BCUT2D eigenvalue weighted by Crippen LogP contribution is 2.21. The van der Waals surface area contributed by atoms with Gasteiger partial charge in [0.25, 0.3) is 0 Å². The molecule has 1 aromatic carbocycles. The van der Waals surface area contributed by atoms with Crippen LogP contribution in [0.2, 0.25) is 0 Å². The summed E-state index contributed by atoms with van der Waals surface area (Å²) in [4.78, 5) is 8.68. The van der Waals surface area contributed by atoms with Crippen LogP contribution < -0.4 is 9.80 Å². The first-order chi connectivity index (χ1) is 9.34. The lowest BCUT2D eigenvalue weighted by atomic mass is 10.2. The molecule has 0 unspecified atom stereocenters. The molecule has 3 nitrogen and oxygen atoms in total. The van der Waals surface area contributed by atoms with Gasteiger partial charge in [0.15, 0.2) is 0 Å². The molecule has 1 aliphatic rings. The maximum Gasteiger partial charge on any atom is 0.146 e. The molecule has 2 aromatic rings. The Bertz CT molecular complexity index is 536. The van der Waals surface area contributed by atoms with Crippen LogP contribution in [0.25, 0.3) is 0 Å². The molecule has 0 radical (unpaired) electrons. The summed E-state index contributed by atoms with van der Waals surface area (Å²) < 4.78 is 13.7. The maximum atomic E-state index is 13.7. The van der Waals surface area contributed by atoms with E-state index in [1.165, 1.54) is 6.07 Å². The summed E-state index contributed by atoms with van der Waals surface area (Å²) in [6.07, 6.45) is 1.80. The van der Waals surface area contributed by atoms with E-state index in [0.29, 0.717) is 5.69 Å². The molecule has 0 spiro atoms. The fraction of sp³-hybridized carbons (Fsp3) is 0.267. The third-order valence-electron chi connectivity index (χ3n) is 3.45. The minimum Gasteiger partial charge on any atom is -0.366 e. The topological polar surface area (TPSA) is 19.4 Å². The molecule has 0 bridgehead atoms. The highest BCUT2D eigenvalue weighted by atomic mass is 19.1. The summed E-state index contributed by atoms with van der Waals surface area (Å²) in [5.74, 6) is 0.851. The first kappa shape index (κ1) is 12.0. The molecule has 0 saturated carbocycles. The zero-order valence-electron chi connectivity index (χ0n) is 10.7. The largest absolute Gasteiger partial charge is 0.366 e. The minimum absolute atomic E-state index is 0.145. The number of hydrogen-bond acceptors (Lipinski definition) is 3. The Labute approximate surface area is 112 Å². The predicted octanol–water partition coefficient (Wildman–Crippen LogP) is 2.55. The SMILES string of the molecule is Fc1ccccc1N1CCN(c2ccccn2)CC1. The third kappa shape index (κ3) is 2.52. The molecule has 1 aliphatic heterocycles. The molecule has 1 fully saturated rings. The molecule has 0 atom stereocenters. The normalized spacial score (nSPS) is 15.6. The van der Waals surface area contributed by atoms with Crippen LogP contribution in [0.15, 0.2) is 48.7 Å². The number of anilines is 2. The number of pyridine rings is 1. The number of aromatic nitrogens is 1. The van der Waals surface area contributed by atoms with Gasteiger partial charge in [0, 0.05) is 32.4 Å². The molecule has 19 heavy (non-hydrogen) atoms. The van der Waals surface area contributed by atoms with Crippen molar-refractivity contribution < 1.29 is 4.39 Å². The summed E-state index contributed by atoms with van der Waals surface area (Å²) in [6.45, 7) is 3.37. The molecule has 0 aliphatic carbocycles. The molecular weight excluding hydrogens is 241 g/mol.